The molecule has 0 saturated carbocycles. The van der Waals surface area contributed by atoms with Crippen molar-refractivity contribution in [2.75, 3.05) is 14.1 Å². The van der Waals surface area contributed by atoms with Gasteiger partial charge in [0.2, 0.25) is 0 Å². The number of aldehydes is 1. The second kappa shape index (κ2) is 14.3. The number of carbonyl (C=O) groups is 2. The van der Waals surface area contributed by atoms with Gasteiger partial charge in [-0.05, 0) is 115 Å². The normalized spacial score (nSPS) is 11.9. The molecule has 58 heavy (non-hydrogen) atoms. The number of fused-ring (bicyclic) bond motifs is 9. The molecule has 0 fully saturated rings. The van der Waals surface area contributed by atoms with Crippen molar-refractivity contribution >= 4 is 173 Å². The SMILES string of the molecule is CN(C)C(=O)c1c(C=O)cc(-n2c3ccc(Br)cc3c3cc(Br)ccc32)c(-n2c3ccc(Br)cc3c3cc(Br)ccc32)c1-n1c2ccc(Br)cc2c2cc(Br)ccc21. The summed E-state index contributed by atoms with van der Waals surface area (Å²) in [6.07, 6.45) is 0.815. The van der Waals surface area contributed by atoms with E-state index in [0.717, 1.165) is 110 Å². The van der Waals surface area contributed by atoms with Crippen molar-refractivity contribution in [3.8, 4) is 17.1 Å². The molecular weight excluding hydrogens is 1120 g/mol. The zero-order valence-corrected chi connectivity index (χ0v) is 39.9. The van der Waals surface area contributed by atoms with E-state index in [2.05, 4.69) is 182 Å². The molecule has 0 unspecified atom stereocenters. The van der Waals surface area contributed by atoms with Gasteiger partial charge in [-0.3, -0.25) is 9.59 Å². The molecule has 10 aromatic rings. The number of carbonyl (C=O) groups excluding carboxylic acids is 2. The number of hydrogen-bond acceptors (Lipinski definition) is 2. The first-order valence-corrected chi connectivity index (χ1v) is 22.8. The first-order valence-electron chi connectivity index (χ1n) is 18.0. The van der Waals surface area contributed by atoms with Crippen LogP contribution in [0.5, 0.6) is 0 Å². The van der Waals surface area contributed by atoms with Gasteiger partial charge in [-0.25, -0.2) is 0 Å². The first-order chi connectivity index (χ1) is 27.9. The summed E-state index contributed by atoms with van der Waals surface area (Å²) in [5.41, 5.74) is 8.09. The van der Waals surface area contributed by atoms with E-state index in [4.69, 9.17) is 0 Å². The third kappa shape index (κ3) is 5.84. The van der Waals surface area contributed by atoms with Crippen LogP contribution in [0.15, 0.2) is 142 Å². The van der Waals surface area contributed by atoms with Gasteiger partial charge in [0.05, 0.1) is 55.7 Å². The number of amides is 1. The first kappa shape index (κ1) is 38.2. The summed E-state index contributed by atoms with van der Waals surface area (Å²) >= 11 is 22.5. The number of nitrogens with zero attached hydrogens (tertiary/aromatic N) is 4. The third-order valence-electron chi connectivity index (χ3n) is 10.8. The Hall–Kier alpha value is -4.04. The molecule has 6 nitrogen and oxygen atoms in total. The van der Waals surface area contributed by atoms with Crippen LogP contribution in [0.3, 0.4) is 0 Å². The minimum Gasteiger partial charge on any atom is -0.345 e. The lowest BCUT2D eigenvalue weighted by molar-refractivity contribution is 0.0824. The van der Waals surface area contributed by atoms with Crippen molar-refractivity contribution in [3.05, 3.63) is 153 Å². The smallest absolute Gasteiger partial charge is 0.256 e. The quantitative estimate of drug-likeness (QED) is 0.161. The zero-order valence-electron chi connectivity index (χ0n) is 30.4. The van der Waals surface area contributed by atoms with Gasteiger partial charge in [-0.15, -0.1) is 0 Å². The van der Waals surface area contributed by atoms with Crippen molar-refractivity contribution in [2.45, 2.75) is 0 Å². The zero-order chi connectivity index (χ0) is 40.3. The molecule has 0 radical (unpaired) electrons. The Labute approximate surface area is 382 Å². The lowest BCUT2D eigenvalue weighted by Gasteiger charge is -2.26. The van der Waals surface area contributed by atoms with E-state index in [0.29, 0.717) is 11.3 Å². The van der Waals surface area contributed by atoms with Crippen LogP contribution in [0.25, 0.3) is 82.5 Å². The van der Waals surface area contributed by atoms with E-state index in [1.54, 1.807) is 19.0 Å². The highest BCUT2D eigenvalue weighted by atomic mass is 79.9. The molecule has 12 heteroatoms. The summed E-state index contributed by atoms with van der Waals surface area (Å²) in [5, 5.41) is 6.07. The van der Waals surface area contributed by atoms with E-state index < -0.39 is 0 Å². The van der Waals surface area contributed by atoms with E-state index in [-0.39, 0.29) is 11.5 Å². The molecule has 1 amide bonds. The minimum absolute atomic E-state index is 0.271. The van der Waals surface area contributed by atoms with Crippen LogP contribution in [-0.2, 0) is 0 Å². The molecular formula is C46H26Br6N4O2. The van der Waals surface area contributed by atoms with Crippen LogP contribution in [0.4, 0.5) is 0 Å². The minimum atomic E-state index is -0.296. The lowest BCUT2D eigenvalue weighted by atomic mass is 9.99. The van der Waals surface area contributed by atoms with Crippen molar-refractivity contribution < 1.29 is 9.59 Å². The standard InChI is InChI=1S/C46H26Br6N4O2/c1-53(2)46(58)43-23(22-57)15-42(54-36-9-3-24(47)16-30(36)31-17-25(48)4-10-37(31)54)44(55-38-11-5-26(49)18-32(38)33-19-27(50)6-12-39(33)55)45(43)56-40-13-7-28(51)20-34(40)35-21-29(52)8-14-41(35)56/h3-22H,1-2H3. The summed E-state index contributed by atoms with van der Waals surface area (Å²) in [6, 6.07) is 39.4. The second-order valence-corrected chi connectivity index (χ2v) is 19.8. The highest BCUT2D eigenvalue weighted by Crippen LogP contribution is 2.46. The number of hydrogen-bond donors (Lipinski definition) is 0. The molecule has 3 heterocycles. The number of benzene rings is 7. The Bertz CT molecular complexity index is 3270. The van der Waals surface area contributed by atoms with E-state index >= 15 is 0 Å². The topological polar surface area (TPSA) is 52.2 Å². The third-order valence-corrected chi connectivity index (χ3v) is 13.7. The van der Waals surface area contributed by atoms with Gasteiger partial charge in [0.1, 0.15) is 0 Å². The largest absolute Gasteiger partial charge is 0.345 e. The molecule has 0 aliphatic carbocycles. The van der Waals surface area contributed by atoms with Gasteiger partial charge in [-0.2, -0.15) is 0 Å². The molecule has 284 valence electrons. The van der Waals surface area contributed by atoms with Gasteiger partial charge < -0.3 is 18.6 Å². The van der Waals surface area contributed by atoms with Gasteiger partial charge >= 0.3 is 0 Å². The maximum absolute atomic E-state index is 15.0. The molecule has 10 rings (SSSR count). The Morgan fingerprint density at radius 3 is 1.03 bits per heavy atom. The molecule has 7 aromatic carbocycles. The molecule has 0 bridgehead atoms. The summed E-state index contributed by atoms with van der Waals surface area (Å²) in [6.45, 7) is 0. The van der Waals surface area contributed by atoms with Gasteiger partial charge in [0.15, 0.2) is 6.29 Å². The summed E-state index contributed by atoms with van der Waals surface area (Å²) in [4.78, 5) is 30.2. The fourth-order valence-corrected chi connectivity index (χ4v) is 10.6. The molecule has 0 spiro atoms. The molecule has 0 N–H and O–H groups in total. The Balaban J connectivity index is 1.55. The predicted molar refractivity (Wildman–Crippen MR) is 259 cm³/mol. The fraction of sp³-hybridized carbons (Fsp3) is 0.0435. The number of rotatable bonds is 5. The number of halogens is 6. The Morgan fingerprint density at radius 2 is 0.741 bits per heavy atom. The summed E-state index contributed by atoms with van der Waals surface area (Å²) in [7, 11) is 3.46. The predicted octanol–water partition coefficient (Wildman–Crippen LogP) is 15.1. The highest BCUT2D eigenvalue weighted by molar-refractivity contribution is 9.11. The van der Waals surface area contributed by atoms with E-state index in [9.17, 15) is 9.59 Å². The number of aromatic nitrogens is 3. The highest BCUT2D eigenvalue weighted by Gasteiger charge is 2.32. The van der Waals surface area contributed by atoms with Crippen molar-refractivity contribution in [1.82, 2.24) is 18.6 Å². The van der Waals surface area contributed by atoms with Crippen LogP contribution in [-0.4, -0.2) is 44.9 Å². The van der Waals surface area contributed by atoms with Crippen molar-refractivity contribution in [3.63, 3.8) is 0 Å². The molecule has 3 aromatic heterocycles. The van der Waals surface area contributed by atoms with Crippen LogP contribution < -0.4 is 0 Å². The summed E-state index contributed by atoms with van der Waals surface area (Å²) in [5.74, 6) is -0.296. The van der Waals surface area contributed by atoms with Crippen LogP contribution in [0.2, 0.25) is 0 Å². The van der Waals surface area contributed by atoms with Gasteiger partial charge in [-0.1, -0.05) is 95.6 Å². The van der Waals surface area contributed by atoms with E-state index in [1.807, 2.05) is 42.5 Å². The average molecular weight is 1150 g/mol. The van der Waals surface area contributed by atoms with Crippen LogP contribution in [0, 0.1) is 0 Å². The van der Waals surface area contributed by atoms with Gasteiger partial charge in [0, 0.05) is 78.8 Å². The maximum atomic E-state index is 15.0. The fourth-order valence-electron chi connectivity index (χ4n) is 8.46. The molecule has 0 atom stereocenters. The van der Waals surface area contributed by atoms with Crippen LogP contribution in [0.1, 0.15) is 20.7 Å². The molecule has 0 saturated heterocycles. The molecule has 0 aliphatic rings. The van der Waals surface area contributed by atoms with Crippen molar-refractivity contribution in [2.24, 2.45) is 0 Å². The molecule has 0 aliphatic heterocycles. The monoisotopic (exact) mass is 1140 g/mol. The maximum Gasteiger partial charge on any atom is 0.256 e. The average Bonchev–Trinajstić information content (AvgIpc) is 3.80. The second-order valence-electron chi connectivity index (χ2n) is 14.3. The Kier molecular flexibility index (Phi) is 9.42. The lowest BCUT2D eigenvalue weighted by Crippen LogP contribution is -2.26. The van der Waals surface area contributed by atoms with E-state index in [1.165, 1.54) is 0 Å². The summed E-state index contributed by atoms with van der Waals surface area (Å²) < 4.78 is 12.3. The van der Waals surface area contributed by atoms with Gasteiger partial charge in [0.25, 0.3) is 5.91 Å². The van der Waals surface area contributed by atoms with Crippen molar-refractivity contribution in [1.29, 1.82) is 0 Å². The van der Waals surface area contributed by atoms with Crippen LogP contribution >= 0.6 is 95.6 Å². The Morgan fingerprint density at radius 1 is 0.448 bits per heavy atom.